The fourth-order valence-electron chi connectivity index (χ4n) is 2.96. The second kappa shape index (κ2) is 7.21. The molecule has 0 unspecified atom stereocenters. The molecule has 4 N–H and O–H groups in total. The molecule has 118 valence electrons. The van der Waals surface area contributed by atoms with Gasteiger partial charge in [0.15, 0.2) is 0 Å². The molecule has 2 aliphatic heterocycles. The highest BCUT2D eigenvalue weighted by atomic mass is 16.5. The van der Waals surface area contributed by atoms with Crippen molar-refractivity contribution in [3.05, 3.63) is 0 Å². The van der Waals surface area contributed by atoms with Gasteiger partial charge in [-0.05, 0) is 19.3 Å². The Balaban J connectivity index is 1.76. The summed E-state index contributed by atoms with van der Waals surface area (Å²) in [6.07, 6.45) is 1.97. The Morgan fingerprint density at radius 2 is 2.24 bits per heavy atom. The van der Waals surface area contributed by atoms with Gasteiger partial charge in [0.2, 0.25) is 5.91 Å². The summed E-state index contributed by atoms with van der Waals surface area (Å²) in [7, 11) is -0.143. The van der Waals surface area contributed by atoms with Crippen molar-refractivity contribution in [2.24, 2.45) is 0 Å². The molecule has 0 bridgehead atoms. The van der Waals surface area contributed by atoms with E-state index < -0.39 is 13.1 Å². The Morgan fingerprint density at radius 3 is 2.90 bits per heavy atom. The number of nitrogens with one attached hydrogen (secondary N) is 2. The summed E-state index contributed by atoms with van der Waals surface area (Å²) in [5.74, 6) is -0.954. The number of carbonyl (C=O) groups excluding carboxylic acids is 2. The van der Waals surface area contributed by atoms with E-state index in [1.165, 1.54) is 12.0 Å². The second-order valence-electron chi connectivity index (χ2n) is 5.51. The summed E-state index contributed by atoms with van der Waals surface area (Å²) in [5, 5.41) is 24.6. The van der Waals surface area contributed by atoms with E-state index in [9.17, 15) is 19.6 Å². The number of amides is 1. The van der Waals surface area contributed by atoms with Crippen molar-refractivity contribution in [3.8, 4) is 0 Å². The van der Waals surface area contributed by atoms with Crippen molar-refractivity contribution in [2.75, 3.05) is 26.7 Å². The van der Waals surface area contributed by atoms with Crippen LogP contribution >= 0.6 is 0 Å². The summed E-state index contributed by atoms with van der Waals surface area (Å²) in [6, 6.07) is -0.306. The minimum atomic E-state index is -1.49. The predicted octanol–water partition coefficient (Wildman–Crippen LogP) is -2.52. The maximum atomic E-state index is 12.1. The zero-order valence-electron chi connectivity index (χ0n) is 12.1. The SMILES string of the molecule is COC(=O)[C@@H]1C[C@@H](NCC(=O)N2CCC[C@H]2B(O)O)CN1. The van der Waals surface area contributed by atoms with Gasteiger partial charge in [-0.1, -0.05) is 0 Å². The van der Waals surface area contributed by atoms with E-state index in [-0.39, 0.29) is 30.5 Å². The number of nitrogens with zero attached hydrogens (tertiary/aromatic N) is 1. The minimum Gasteiger partial charge on any atom is -0.468 e. The zero-order chi connectivity index (χ0) is 15.4. The van der Waals surface area contributed by atoms with Crippen LogP contribution in [0.2, 0.25) is 0 Å². The van der Waals surface area contributed by atoms with Crippen molar-refractivity contribution in [1.82, 2.24) is 15.5 Å². The lowest BCUT2D eigenvalue weighted by Crippen LogP contribution is -2.49. The third-order valence-corrected chi connectivity index (χ3v) is 4.12. The van der Waals surface area contributed by atoms with Crippen molar-refractivity contribution in [2.45, 2.75) is 37.3 Å². The molecule has 0 aromatic heterocycles. The van der Waals surface area contributed by atoms with Crippen LogP contribution in [-0.4, -0.2) is 78.7 Å². The third-order valence-electron chi connectivity index (χ3n) is 4.12. The Hall–Kier alpha value is -1.16. The van der Waals surface area contributed by atoms with Crippen LogP contribution in [0.25, 0.3) is 0 Å². The molecule has 3 atom stereocenters. The van der Waals surface area contributed by atoms with E-state index in [4.69, 9.17) is 0 Å². The van der Waals surface area contributed by atoms with Crippen molar-refractivity contribution < 1.29 is 24.4 Å². The molecule has 0 radical (unpaired) electrons. The molecule has 0 aromatic carbocycles. The van der Waals surface area contributed by atoms with E-state index in [1.807, 2.05) is 0 Å². The van der Waals surface area contributed by atoms with Crippen LogP contribution < -0.4 is 10.6 Å². The first-order valence-corrected chi connectivity index (χ1v) is 7.23. The van der Waals surface area contributed by atoms with Gasteiger partial charge in [0.25, 0.3) is 0 Å². The number of carbonyl (C=O) groups is 2. The molecular weight excluding hydrogens is 277 g/mol. The Labute approximate surface area is 124 Å². The van der Waals surface area contributed by atoms with Crippen molar-refractivity contribution in [1.29, 1.82) is 0 Å². The van der Waals surface area contributed by atoms with Gasteiger partial charge in [-0.2, -0.15) is 0 Å². The summed E-state index contributed by atoms with van der Waals surface area (Å²) in [5.41, 5.74) is 0. The third kappa shape index (κ3) is 3.94. The predicted molar refractivity (Wildman–Crippen MR) is 75.1 cm³/mol. The average molecular weight is 299 g/mol. The number of hydrogen-bond donors (Lipinski definition) is 4. The van der Waals surface area contributed by atoms with Gasteiger partial charge in [0, 0.05) is 19.1 Å². The highest BCUT2D eigenvalue weighted by Gasteiger charge is 2.37. The van der Waals surface area contributed by atoms with E-state index in [0.29, 0.717) is 25.9 Å². The molecule has 8 nitrogen and oxygen atoms in total. The highest BCUT2D eigenvalue weighted by molar-refractivity contribution is 6.43. The number of hydrogen-bond acceptors (Lipinski definition) is 7. The van der Waals surface area contributed by atoms with E-state index in [0.717, 1.165) is 6.42 Å². The highest BCUT2D eigenvalue weighted by Crippen LogP contribution is 2.18. The van der Waals surface area contributed by atoms with E-state index in [2.05, 4.69) is 15.4 Å². The lowest BCUT2D eigenvalue weighted by molar-refractivity contribution is -0.142. The molecule has 2 saturated heterocycles. The van der Waals surface area contributed by atoms with Gasteiger partial charge in [-0.25, -0.2) is 0 Å². The van der Waals surface area contributed by atoms with Crippen molar-refractivity contribution >= 4 is 19.0 Å². The maximum Gasteiger partial charge on any atom is 0.475 e. The molecule has 21 heavy (non-hydrogen) atoms. The van der Waals surface area contributed by atoms with E-state index in [1.54, 1.807) is 0 Å². The van der Waals surface area contributed by atoms with Gasteiger partial charge < -0.3 is 30.3 Å². The molecule has 0 aliphatic carbocycles. The quantitative estimate of drug-likeness (QED) is 0.327. The fraction of sp³-hybridized carbons (Fsp3) is 0.833. The largest absolute Gasteiger partial charge is 0.475 e. The average Bonchev–Trinajstić information content (AvgIpc) is 3.12. The van der Waals surface area contributed by atoms with Crippen LogP contribution in [0.4, 0.5) is 0 Å². The Morgan fingerprint density at radius 1 is 1.48 bits per heavy atom. The molecule has 2 fully saturated rings. The fourth-order valence-corrected chi connectivity index (χ4v) is 2.96. The van der Waals surface area contributed by atoms with Gasteiger partial charge in [0.05, 0.1) is 19.6 Å². The zero-order valence-corrected chi connectivity index (χ0v) is 12.1. The molecule has 0 saturated carbocycles. The molecule has 1 amide bonds. The summed E-state index contributed by atoms with van der Waals surface area (Å²) in [4.78, 5) is 25.0. The standard InChI is InChI=1S/C12H22BN3O5/c1-21-12(18)9-5-8(6-15-9)14-7-11(17)16-4-2-3-10(16)13(19)20/h8-10,14-15,19-20H,2-7H2,1H3/t8-,9+,10+/m1/s1. The molecule has 2 heterocycles. The lowest BCUT2D eigenvalue weighted by Gasteiger charge is -2.24. The van der Waals surface area contributed by atoms with Crippen molar-refractivity contribution in [3.63, 3.8) is 0 Å². The lowest BCUT2D eigenvalue weighted by atomic mass is 9.78. The monoisotopic (exact) mass is 299 g/mol. The van der Waals surface area contributed by atoms with Crippen LogP contribution in [0.3, 0.4) is 0 Å². The number of esters is 1. The first kappa shape index (κ1) is 16.2. The number of ether oxygens (including phenoxy) is 1. The topological polar surface area (TPSA) is 111 Å². The molecule has 0 spiro atoms. The van der Waals surface area contributed by atoms with Crippen LogP contribution in [0.5, 0.6) is 0 Å². The number of methoxy groups -OCH3 is 1. The molecular formula is C12H22BN3O5. The number of likely N-dealkylation sites (tertiary alicyclic amines) is 1. The molecule has 9 heteroatoms. The van der Waals surface area contributed by atoms with E-state index >= 15 is 0 Å². The normalized spacial score (nSPS) is 28.7. The molecule has 0 aromatic rings. The van der Waals surface area contributed by atoms with Crippen LogP contribution in [0.15, 0.2) is 0 Å². The van der Waals surface area contributed by atoms with Crippen LogP contribution in [0.1, 0.15) is 19.3 Å². The second-order valence-corrected chi connectivity index (χ2v) is 5.51. The van der Waals surface area contributed by atoms with Gasteiger partial charge in [-0.15, -0.1) is 0 Å². The first-order chi connectivity index (χ1) is 10.0. The van der Waals surface area contributed by atoms with Gasteiger partial charge >= 0.3 is 13.1 Å². The molecule has 2 rings (SSSR count). The van der Waals surface area contributed by atoms with Gasteiger partial charge in [-0.3, -0.25) is 9.59 Å². The van der Waals surface area contributed by atoms with Crippen LogP contribution in [0, 0.1) is 0 Å². The number of rotatable bonds is 5. The Bertz CT molecular complexity index is 395. The summed E-state index contributed by atoms with van der Waals surface area (Å²) < 4.78 is 4.67. The minimum absolute atomic E-state index is 0.0261. The Kier molecular flexibility index (Phi) is 5.57. The summed E-state index contributed by atoms with van der Waals surface area (Å²) >= 11 is 0. The smallest absolute Gasteiger partial charge is 0.468 e. The van der Waals surface area contributed by atoms with Gasteiger partial charge in [0.1, 0.15) is 6.04 Å². The van der Waals surface area contributed by atoms with Crippen LogP contribution in [-0.2, 0) is 14.3 Å². The molecule has 2 aliphatic rings. The maximum absolute atomic E-state index is 12.1. The first-order valence-electron chi connectivity index (χ1n) is 7.23. The summed E-state index contributed by atoms with van der Waals surface area (Å²) in [6.45, 7) is 1.28.